The minimum atomic E-state index is -0.482. The average Bonchev–Trinajstić information content (AvgIpc) is 3.42. The molecule has 4 rings (SSSR count). The summed E-state index contributed by atoms with van der Waals surface area (Å²) in [5, 5.41) is 10.3. The molecule has 6 nitrogen and oxygen atoms in total. The Kier molecular flexibility index (Phi) is 8.19. The third kappa shape index (κ3) is 7.05. The molecule has 0 radical (unpaired) electrons. The lowest BCUT2D eigenvalue weighted by molar-refractivity contribution is -0.113. The van der Waals surface area contributed by atoms with Crippen molar-refractivity contribution in [3.63, 3.8) is 0 Å². The summed E-state index contributed by atoms with van der Waals surface area (Å²) in [6.45, 7) is 6.36. The molecule has 38 heavy (non-hydrogen) atoms. The van der Waals surface area contributed by atoms with Gasteiger partial charge in [-0.3, -0.25) is 14.4 Å². The zero-order valence-corrected chi connectivity index (χ0v) is 22.3. The second kappa shape index (κ2) is 11.7. The first-order valence-electron chi connectivity index (χ1n) is 12.1. The van der Waals surface area contributed by atoms with Gasteiger partial charge in [0.2, 0.25) is 0 Å². The Hall–Kier alpha value is -4.49. The van der Waals surface area contributed by atoms with Gasteiger partial charge < -0.3 is 16.0 Å². The van der Waals surface area contributed by atoms with Gasteiger partial charge in [-0.05, 0) is 71.0 Å². The molecule has 0 spiro atoms. The van der Waals surface area contributed by atoms with Gasteiger partial charge in [0.1, 0.15) is 5.70 Å². The fourth-order valence-electron chi connectivity index (χ4n) is 3.66. The molecular formula is C31H29N3O3S. The maximum absolute atomic E-state index is 13.2. The summed E-state index contributed by atoms with van der Waals surface area (Å²) in [7, 11) is 0. The van der Waals surface area contributed by atoms with Gasteiger partial charge in [0, 0.05) is 27.4 Å². The summed E-state index contributed by atoms with van der Waals surface area (Å²) in [6, 6.07) is 26.8. The second-order valence-corrected chi connectivity index (χ2v) is 10.7. The number of hydrogen-bond donors (Lipinski definition) is 3. The highest BCUT2D eigenvalue weighted by Crippen LogP contribution is 2.23. The van der Waals surface area contributed by atoms with Crippen LogP contribution in [0.4, 0.5) is 11.4 Å². The van der Waals surface area contributed by atoms with Crippen molar-refractivity contribution in [1.29, 1.82) is 0 Å². The number of carbonyl (C=O) groups excluding carboxylic acids is 3. The molecule has 3 N–H and O–H groups in total. The largest absolute Gasteiger partial charge is 0.322 e. The first-order valence-corrected chi connectivity index (χ1v) is 13.0. The van der Waals surface area contributed by atoms with Crippen molar-refractivity contribution in [2.24, 2.45) is 0 Å². The minimum Gasteiger partial charge on any atom is -0.322 e. The molecule has 3 amide bonds. The van der Waals surface area contributed by atoms with Crippen LogP contribution in [0.1, 0.15) is 51.9 Å². The van der Waals surface area contributed by atoms with Crippen LogP contribution in [0.2, 0.25) is 0 Å². The van der Waals surface area contributed by atoms with Gasteiger partial charge in [-0.1, -0.05) is 63.2 Å². The van der Waals surface area contributed by atoms with E-state index in [1.165, 1.54) is 11.3 Å². The van der Waals surface area contributed by atoms with E-state index >= 15 is 0 Å². The van der Waals surface area contributed by atoms with Gasteiger partial charge >= 0.3 is 0 Å². The highest BCUT2D eigenvalue weighted by atomic mass is 32.1. The molecule has 3 aromatic carbocycles. The van der Waals surface area contributed by atoms with Crippen LogP contribution in [0.5, 0.6) is 0 Å². The van der Waals surface area contributed by atoms with Crippen LogP contribution >= 0.6 is 11.3 Å². The van der Waals surface area contributed by atoms with Gasteiger partial charge in [0.25, 0.3) is 17.7 Å². The Morgan fingerprint density at radius 2 is 1.37 bits per heavy atom. The summed E-state index contributed by atoms with van der Waals surface area (Å²) >= 11 is 1.45. The lowest BCUT2D eigenvalue weighted by atomic mass is 9.87. The van der Waals surface area contributed by atoms with E-state index in [-0.39, 0.29) is 22.9 Å². The molecule has 1 aromatic heterocycles. The third-order valence-electron chi connectivity index (χ3n) is 5.75. The maximum atomic E-state index is 13.2. The van der Waals surface area contributed by atoms with E-state index in [2.05, 4.69) is 36.7 Å². The molecular weight excluding hydrogens is 494 g/mol. The molecule has 7 heteroatoms. The van der Waals surface area contributed by atoms with Crippen molar-refractivity contribution >= 4 is 46.5 Å². The molecule has 0 aliphatic heterocycles. The average molecular weight is 524 g/mol. The molecule has 0 saturated heterocycles. The van der Waals surface area contributed by atoms with Crippen LogP contribution < -0.4 is 16.0 Å². The van der Waals surface area contributed by atoms with E-state index in [1.54, 1.807) is 66.7 Å². The number of hydrogen-bond acceptors (Lipinski definition) is 4. The molecule has 4 aromatic rings. The molecule has 0 fully saturated rings. The van der Waals surface area contributed by atoms with Crippen molar-refractivity contribution in [3.05, 3.63) is 124 Å². The SMILES string of the molecule is CC(C)(C)c1ccc(C(=O)Nc2cccc(NC(=O)/C(=C/c3cccs3)NC(=O)c3ccccc3)c2)cc1. The Labute approximate surface area is 226 Å². The Bertz CT molecular complexity index is 1450. The second-order valence-electron chi connectivity index (χ2n) is 9.71. The topological polar surface area (TPSA) is 87.3 Å². The van der Waals surface area contributed by atoms with Crippen molar-refractivity contribution in [1.82, 2.24) is 5.32 Å². The van der Waals surface area contributed by atoms with Crippen LogP contribution in [0.3, 0.4) is 0 Å². The van der Waals surface area contributed by atoms with Gasteiger partial charge in [-0.2, -0.15) is 0 Å². The summed E-state index contributed by atoms with van der Waals surface area (Å²) in [5.41, 5.74) is 3.24. The third-order valence-corrected chi connectivity index (χ3v) is 6.57. The molecule has 1 heterocycles. The highest BCUT2D eigenvalue weighted by molar-refractivity contribution is 7.10. The Balaban J connectivity index is 1.48. The Morgan fingerprint density at radius 1 is 0.711 bits per heavy atom. The van der Waals surface area contributed by atoms with Crippen LogP contribution in [0.25, 0.3) is 6.08 Å². The van der Waals surface area contributed by atoms with Crippen molar-refractivity contribution in [3.8, 4) is 0 Å². The van der Waals surface area contributed by atoms with Gasteiger partial charge in [-0.25, -0.2) is 0 Å². The zero-order chi connectivity index (χ0) is 27.1. The number of thiophene rings is 1. The van der Waals surface area contributed by atoms with Crippen LogP contribution in [0, 0.1) is 0 Å². The lowest BCUT2D eigenvalue weighted by Crippen LogP contribution is -2.30. The predicted octanol–water partition coefficient (Wildman–Crippen LogP) is 6.71. The number of rotatable bonds is 7. The first kappa shape index (κ1) is 26.6. The van der Waals surface area contributed by atoms with Gasteiger partial charge in [-0.15, -0.1) is 11.3 Å². The zero-order valence-electron chi connectivity index (χ0n) is 21.4. The summed E-state index contributed by atoms with van der Waals surface area (Å²) in [4.78, 5) is 39.6. The lowest BCUT2D eigenvalue weighted by Gasteiger charge is -2.19. The fraction of sp³-hybridized carbons (Fsp3) is 0.129. The molecule has 0 unspecified atom stereocenters. The predicted molar refractivity (Wildman–Crippen MR) is 154 cm³/mol. The number of amides is 3. The monoisotopic (exact) mass is 523 g/mol. The molecule has 0 saturated carbocycles. The van der Waals surface area contributed by atoms with Crippen LogP contribution in [0.15, 0.2) is 102 Å². The van der Waals surface area contributed by atoms with E-state index in [1.807, 2.05) is 35.7 Å². The molecule has 192 valence electrons. The van der Waals surface area contributed by atoms with E-state index < -0.39 is 5.91 Å². The highest BCUT2D eigenvalue weighted by Gasteiger charge is 2.17. The summed E-state index contributed by atoms with van der Waals surface area (Å²) in [5.74, 6) is -1.12. The number of benzene rings is 3. The summed E-state index contributed by atoms with van der Waals surface area (Å²) < 4.78 is 0. The number of nitrogens with one attached hydrogen (secondary N) is 3. The molecule has 0 bridgehead atoms. The van der Waals surface area contributed by atoms with E-state index in [0.717, 1.165) is 10.4 Å². The van der Waals surface area contributed by atoms with Gasteiger partial charge in [0.05, 0.1) is 0 Å². The smallest absolute Gasteiger partial charge is 0.272 e. The molecule has 0 aliphatic carbocycles. The van der Waals surface area contributed by atoms with E-state index in [4.69, 9.17) is 0 Å². The van der Waals surface area contributed by atoms with Crippen LogP contribution in [-0.2, 0) is 10.2 Å². The van der Waals surface area contributed by atoms with Crippen LogP contribution in [-0.4, -0.2) is 17.7 Å². The molecule has 0 aliphatic rings. The number of carbonyl (C=O) groups is 3. The van der Waals surface area contributed by atoms with Crippen molar-refractivity contribution in [2.45, 2.75) is 26.2 Å². The summed E-state index contributed by atoms with van der Waals surface area (Å²) in [6.07, 6.45) is 1.63. The standard InChI is InChI=1S/C31H29N3O3S/c1-31(2,3)23-16-14-22(15-17-23)28(35)32-24-11-7-12-25(19-24)33-30(37)27(20-26-13-8-18-38-26)34-29(36)21-9-5-4-6-10-21/h4-20H,1-3H3,(H,32,35)(H,33,37)(H,34,36)/b27-20-. The fourth-order valence-corrected chi connectivity index (χ4v) is 4.31. The normalized spacial score (nSPS) is 11.5. The van der Waals surface area contributed by atoms with E-state index in [0.29, 0.717) is 22.5 Å². The van der Waals surface area contributed by atoms with Crippen molar-refractivity contribution in [2.75, 3.05) is 10.6 Å². The van der Waals surface area contributed by atoms with E-state index in [9.17, 15) is 14.4 Å². The minimum absolute atomic E-state index is 0.00108. The van der Waals surface area contributed by atoms with Gasteiger partial charge in [0.15, 0.2) is 0 Å². The maximum Gasteiger partial charge on any atom is 0.272 e. The Morgan fingerprint density at radius 3 is 2.00 bits per heavy atom. The quantitative estimate of drug-likeness (QED) is 0.235. The molecule has 0 atom stereocenters. The van der Waals surface area contributed by atoms with Crippen molar-refractivity contribution < 1.29 is 14.4 Å². The first-order chi connectivity index (χ1) is 18.2. The number of anilines is 2.